The Morgan fingerprint density at radius 2 is 2.25 bits per heavy atom. The minimum Gasteiger partial charge on any atom is -0.487 e. The van der Waals surface area contributed by atoms with E-state index in [1.807, 2.05) is 6.92 Å². The largest absolute Gasteiger partial charge is 0.487 e. The number of carbonyl (C=O) groups is 1. The summed E-state index contributed by atoms with van der Waals surface area (Å²) in [5.74, 6) is -0.127. The van der Waals surface area contributed by atoms with Gasteiger partial charge in [-0.15, -0.1) is 0 Å². The number of rotatable bonds is 5. The third-order valence-electron chi connectivity index (χ3n) is 3.53. The van der Waals surface area contributed by atoms with E-state index >= 15 is 0 Å². The number of hydrogen-bond acceptors (Lipinski definition) is 3. The highest BCUT2D eigenvalue weighted by molar-refractivity contribution is 7.71. The lowest BCUT2D eigenvalue weighted by Gasteiger charge is -2.25. The van der Waals surface area contributed by atoms with Crippen LogP contribution < -0.4 is 4.74 Å². The maximum Gasteiger partial charge on any atom is 0.330 e. The summed E-state index contributed by atoms with van der Waals surface area (Å²) in [4.78, 5) is 16.8. The molecule has 0 fully saturated rings. The third kappa shape index (κ3) is 4.15. The summed E-state index contributed by atoms with van der Waals surface area (Å²) in [6.07, 6.45) is 2.80. The van der Waals surface area contributed by atoms with E-state index in [1.165, 1.54) is 16.7 Å². The monoisotopic (exact) mass is 371 g/mol. The Morgan fingerprint density at radius 3 is 2.83 bits per heavy atom. The number of aryl methyl sites for hydroxylation is 1. The van der Waals surface area contributed by atoms with Crippen molar-refractivity contribution >= 4 is 29.8 Å². The Labute approximate surface area is 150 Å². The van der Waals surface area contributed by atoms with Crippen molar-refractivity contribution in [3.8, 4) is 5.75 Å². The van der Waals surface area contributed by atoms with Crippen LogP contribution in [0.25, 0.3) is 0 Å². The Hall–Kier alpha value is -1.86. The molecule has 0 saturated carbocycles. The van der Waals surface area contributed by atoms with Crippen LogP contribution in [0.2, 0.25) is 5.02 Å². The third-order valence-corrected chi connectivity index (χ3v) is 4.14. The average Bonchev–Trinajstić information content (AvgIpc) is 2.95. The van der Waals surface area contributed by atoms with Crippen LogP contribution in [0.5, 0.6) is 5.75 Å². The summed E-state index contributed by atoms with van der Waals surface area (Å²) in [6.45, 7) is 6.08. The highest BCUT2D eigenvalue weighted by Crippen LogP contribution is 2.28. The number of hydrogen-bond donors (Lipinski definition) is 1. The predicted octanol–water partition coefficient (Wildman–Crippen LogP) is 4.40. The molecule has 5 nitrogen and oxygen atoms in total. The van der Waals surface area contributed by atoms with Gasteiger partial charge in [0.25, 0.3) is 0 Å². The maximum absolute atomic E-state index is 13.7. The molecule has 1 amide bonds. The van der Waals surface area contributed by atoms with E-state index in [0.29, 0.717) is 28.4 Å². The second-order valence-electron chi connectivity index (χ2n) is 5.42. The number of amides is 1. The van der Waals surface area contributed by atoms with Crippen LogP contribution in [-0.2, 0) is 0 Å². The summed E-state index contributed by atoms with van der Waals surface area (Å²) >= 11 is 11.1. The predicted molar refractivity (Wildman–Crippen MR) is 93.9 cm³/mol. The Kier molecular flexibility index (Phi) is 6.01. The number of halogens is 2. The van der Waals surface area contributed by atoms with E-state index in [-0.39, 0.29) is 23.7 Å². The number of H-pyrrole nitrogens is 1. The molecule has 1 aromatic heterocycles. The van der Waals surface area contributed by atoms with Crippen LogP contribution in [0.1, 0.15) is 19.4 Å². The lowest BCUT2D eigenvalue weighted by molar-refractivity contribution is 0.150. The number of ether oxygens (including phenoxy) is 1. The van der Waals surface area contributed by atoms with E-state index in [1.54, 1.807) is 31.1 Å². The molecule has 0 bridgehead atoms. The molecule has 0 aliphatic rings. The van der Waals surface area contributed by atoms with Gasteiger partial charge in [-0.2, -0.15) is 0 Å². The quantitative estimate of drug-likeness (QED) is 0.792. The number of benzene rings is 1. The second kappa shape index (κ2) is 7.81. The molecule has 1 heterocycles. The van der Waals surface area contributed by atoms with Crippen molar-refractivity contribution in [2.75, 3.05) is 13.1 Å². The molecule has 2 aromatic rings. The van der Waals surface area contributed by atoms with Crippen LogP contribution in [-0.4, -0.2) is 39.7 Å². The molecule has 130 valence electrons. The maximum atomic E-state index is 13.7. The first-order chi connectivity index (χ1) is 11.3. The van der Waals surface area contributed by atoms with Gasteiger partial charge in [0.05, 0.1) is 11.6 Å². The SMILES string of the molecule is CCN(CC(C)Oc1cc(F)c(C)cc1Cl)C(=O)n1cc[nH]c1=S. The first kappa shape index (κ1) is 18.5. The highest BCUT2D eigenvalue weighted by Gasteiger charge is 2.19. The van der Waals surface area contributed by atoms with Gasteiger partial charge in [-0.25, -0.2) is 13.8 Å². The first-order valence-corrected chi connectivity index (χ1v) is 8.29. The zero-order valence-corrected chi connectivity index (χ0v) is 15.2. The molecule has 1 N–H and O–H groups in total. The number of nitrogens with one attached hydrogen (secondary N) is 1. The van der Waals surface area contributed by atoms with Gasteiger partial charge in [0.2, 0.25) is 0 Å². The standard InChI is InChI=1S/C16H19ClFN3O2S/c1-4-20(16(22)21-6-5-19-15(21)24)9-11(3)23-14-8-13(18)10(2)7-12(14)17/h5-8,11H,4,9H2,1-3H3,(H,19,24). The minimum absolute atomic E-state index is 0.250. The fourth-order valence-electron chi connectivity index (χ4n) is 2.25. The summed E-state index contributed by atoms with van der Waals surface area (Å²) in [6, 6.07) is 2.52. The van der Waals surface area contributed by atoms with E-state index in [9.17, 15) is 9.18 Å². The first-order valence-electron chi connectivity index (χ1n) is 7.51. The average molecular weight is 372 g/mol. The van der Waals surface area contributed by atoms with Gasteiger partial charge < -0.3 is 14.6 Å². The normalized spacial score (nSPS) is 12.0. The molecule has 2 rings (SSSR count). The fraction of sp³-hybridized carbons (Fsp3) is 0.375. The fourth-order valence-corrected chi connectivity index (χ4v) is 2.72. The van der Waals surface area contributed by atoms with Gasteiger partial charge in [-0.05, 0) is 44.6 Å². The molecule has 24 heavy (non-hydrogen) atoms. The second-order valence-corrected chi connectivity index (χ2v) is 6.21. The molecule has 0 aliphatic heterocycles. The van der Waals surface area contributed by atoms with E-state index in [0.717, 1.165) is 0 Å². The summed E-state index contributed by atoms with van der Waals surface area (Å²) in [7, 11) is 0. The van der Waals surface area contributed by atoms with Crippen molar-refractivity contribution in [1.82, 2.24) is 14.5 Å². The molecule has 0 aliphatic carbocycles. The summed E-state index contributed by atoms with van der Waals surface area (Å²) < 4.78 is 21.1. The van der Waals surface area contributed by atoms with E-state index in [2.05, 4.69) is 4.98 Å². The van der Waals surface area contributed by atoms with E-state index in [4.69, 9.17) is 28.6 Å². The molecule has 8 heteroatoms. The molecule has 0 saturated heterocycles. The number of carbonyl (C=O) groups excluding carboxylic acids is 1. The zero-order valence-electron chi connectivity index (χ0n) is 13.7. The number of aromatic amines is 1. The van der Waals surface area contributed by atoms with Crippen molar-refractivity contribution in [2.24, 2.45) is 0 Å². The van der Waals surface area contributed by atoms with Crippen LogP contribution in [0, 0.1) is 17.5 Å². The Balaban J connectivity index is 2.09. The van der Waals surface area contributed by atoms with Crippen molar-refractivity contribution in [3.05, 3.63) is 45.7 Å². The molecule has 1 unspecified atom stereocenters. The minimum atomic E-state index is -0.386. The zero-order chi connectivity index (χ0) is 17.9. The highest BCUT2D eigenvalue weighted by atomic mass is 35.5. The van der Waals surface area contributed by atoms with Crippen molar-refractivity contribution < 1.29 is 13.9 Å². The molecule has 0 radical (unpaired) electrons. The molecule has 1 atom stereocenters. The lowest BCUT2D eigenvalue weighted by Crippen LogP contribution is -2.40. The summed E-state index contributed by atoms with van der Waals surface area (Å²) in [5.41, 5.74) is 0.451. The molecule has 0 spiro atoms. The molecular weight excluding hydrogens is 353 g/mol. The van der Waals surface area contributed by atoms with Gasteiger partial charge in [0.15, 0.2) is 4.77 Å². The van der Waals surface area contributed by atoms with Gasteiger partial charge in [-0.1, -0.05) is 11.6 Å². The molecule has 1 aromatic carbocycles. The summed E-state index contributed by atoms with van der Waals surface area (Å²) in [5, 5.41) is 0.336. The van der Waals surface area contributed by atoms with Gasteiger partial charge in [0, 0.05) is 25.0 Å². The van der Waals surface area contributed by atoms with Crippen LogP contribution in [0.4, 0.5) is 9.18 Å². The number of nitrogens with zero attached hydrogens (tertiary/aromatic N) is 2. The van der Waals surface area contributed by atoms with Crippen LogP contribution >= 0.6 is 23.8 Å². The Bertz CT molecular complexity index is 790. The van der Waals surface area contributed by atoms with Gasteiger partial charge in [-0.3, -0.25) is 0 Å². The topological polar surface area (TPSA) is 50.3 Å². The van der Waals surface area contributed by atoms with Crippen molar-refractivity contribution in [3.63, 3.8) is 0 Å². The van der Waals surface area contributed by atoms with Gasteiger partial charge in [0.1, 0.15) is 17.7 Å². The van der Waals surface area contributed by atoms with Crippen molar-refractivity contribution in [2.45, 2.75) is 26.9 Å². The van der Waals surface area contributed by atoms with E-state index < -0.39 is 0 Å². The number of imidazole rings is 1. The molecular formula is C16H19ClFN3O2S. The lowest BCUT2D eigenvalue weighted by atomic mass is 10.2. The van der Waals surface area contributed by atoms with Crippen molar-refractivity contribution in [1.29, 1.82) is 0 Å². The Morgan fingerprint density at radius 1 is 1.54 bits per heavy atom. The number of likely N-dealkylation sites (N-methyl/N-ethyl adjacent to an activating group) is 1. The van der Waals surface area contributed by atoms with Crippen LogP contribution in [0.3, 0.4) is 0 Å². The van der Waals surface area contributed by atoms with Crippen LogP contribution in [0.15, 0.2) is 24.5 Å². The number of aromatic nitrogens is 2. The van der Waals surface area contributed by atoms with Gasteiger partial charge >= 0.3 is 6.03 Å². The smallest absolute Gasteiger partial charge is 0.330 e.